The van der Waals surface area contributed by atoms with Crippen molar-refractivity contribution in [3.63, 3.8) is 0 Å². The van der Waals surface area contributed by atoms with Crippen LogP contribution >= 0.6 is 0 Å². The highest BCUT2D eigenvalue weighted by molar-refractivity contribution is 6.22. The van der Waals surface area contributed by atoms with Gasteiger partial charge in [-0.05, 0) is 84.6 Å². The lowest BCUT2D eigenvalue weighted by Crippen LogP contribution is -1.98. The molecule has 0 radical (unpaired) electrons. The molecule has 10 rings (SSSR count). The molecule has 1 aromatic heterocycles. The van der Waals surface area contributed by atoms with Crippen LogP contribution in [0.5, 0.6) is 0 Å². The third-order valence-corrected chi connectivity index (χ3v) is 9.88. The molecule has 0 N–H and O–H groups in total. The van der Waals surface area contributed by atoms with Crippen LogP contribution in [0.3, 0.4) is 0 Å². The van der Waals surface area contributed by atoms with Crippen LogP contribution in [-0.4, -0.2) is 9.55 Å². The Hall–Kier alpha value is -6.77. The third-order valence-electron chi connectivity index (χ3n) is 9.88. The first-order valence-electron chi connectivity index (χ1n) is 19.6. The lowest BCUT2D eigenvalue weighted by molar-refractivity contribution is 1.11. The summed E-state index contributed by atoms with van der Waals surface area (Å²) in [4.78, 5) is 5.18. The minimum Gasteiger partial charge on any atom is -0.292 e. The number of fused-ring (bicyclic) bond motifs is 4. The number of benzene rings is 9. The van der Waals surface area contributed by atoms with Crippen LogP contribution in [0.2, 0.25) is 0 Å². The average molecular weight is 654 g/mol. The van der Waals surface area contributed by atoms with E-state index in [4.69, 9.17) is 11.8 Å². The molecule has 0 spiro atoms. The average Bonchev–Trinajstić information content (AvgIpc) is 3.64. The molecule has 0 amide bonds. The highest BCUT2D eigenvalue weighted by Crippen LogP contribution is 2.45. The molecule has 0 aliphatic rings. The van der Waals surface area contributed by atoms with Crippen molar-refractivity contribution in [3.05, 3.63) is 194 Å². The van der Waals surface area contributed by atoms with Crippen molar-refractivity contribution in [2.75, 3.05) is 0 Å². The number of hydrogen-bond donors (Lipinski definition) is 0. The van der Waals surface area contributed by atoms with Gasteiger partial charge in [0.15, 0.2) is 0 Å². The maximum absolute atomic E-state index is 8.76. The van der Waals surface area contributed by atoms with Gasteiger partial charge in [0.2, 0.25) is 0 Å². The van der Waals surface area contributed by atoms with Crippen LogP contribution < -0.4 is 0 Å². The zero-order valence-corrected chi connectivity index (χ0v) is 27.5. The van der Waals surface area contributed by atoms with Gasteiger partial charge in [0.25, 0.3) is 0 Å². The first-order chi connectivity index (χ1) is 27.4. The second-order valence-electron chi connectivity index (χ2n) is 12.8. The second-order valence-corrected chi connectivity index (χ2v) is 12.8. The molecule has 51 heavy (non-hydrogen) atoms. The van der Waals surface area contributed by atoms with Crippen LogP contribution in [0.1, 0.15) is 6.85 Å². The highest BCUT2D eigenvalue weighted by Gasteiger charge is 2.19. The first kappa shape index (κ1) is 24.4. The number of hydrogen-bond acceptors (Lipinski definition) is 1. The maximum Gasteiger partial charge on any atom is 0.145 e. The van der Waals surface area contributed by atoms with Gasteiger partial charge < -0.3 is 0 Å². The quantitative estimate of drug-likeness (QED) is 0.169. The molecule has 0 unspecified atom stereocenters. The van der Waals surface area contributed by atoms with Crippen molar-refractivity contribution in [2.24, 2.45) is 0 Å². The van der Waals surface area contributed by atoms with E-state index in [1.165, 1.54) is 0 Å². The van der Waals surface area contributed by atoms with E-state index in [9.17, 15) is 0 Å². The Labute approximate surface area is 303 Å². The van der Waals surface area contributed by atoms with E-state index in [1.807, 2.05) is 48.5 Å². The molecule has 0 fully saturated rings. The van der Waals surface area contributed by atoms with Crippen LogP contribution in [0.4, 0.5) is 0 Å². The minimum atomic E-state index is -0.404. The summed E-state index contributed by atoms with van der Waals surface area (Å²) >= 11 is 0. The highest BCUT2D eigenvalue weighted by atomic mass is 15.1. The van der Waals surface area contributed by atoms with Gasteiger partial charge in [-0.15, -0.1) is 0 Å². The Morgan fingerprint density at radius 2 is 1.00 bits per heavy atom. The smallest absolute Gasteiger partial charge is 0.145 e. The molecular formula is C49H32N2. The molecule has 10 aromatic rings. The number of rotatable bonds is 5. The summed E-state index contributed by atoms with van der Waals surface area (Å²) in [5.41, 5.74) is 8.88. The van der Waals surface area contributed by atoms with Crippen LogP contribution in [0, 0.1) is 0 Å². The van der Waals surface area contributed by atoms with Gasteiger partial charge in [0.05, 0.1) is 23.6 Å². The summed E-state index contributed by atoms with van der Waals surface area (Å²) < 4.78 is 44.7. The largest absolute Gasteiger partial charge is 0.292 e. The van der Waals surface area contributed by atoms with E-state index >= 15 is 0 Å². The van der Waals surface area contributed by atoms with Crippen LogP contribution in [0.25, 0.3) is 93.8 Å². The summed E-state index contributed by atoms with van der Waals surface area (Å²) in [6, 6.07) is 54.7. The van der Waals surface area contributed by atoms with Gasteiger partial charge >= 0.3 is 0 Å². The third kappa shape index (κ3) is 4.84. The van der Waals surface area contributed by atoms with Gasteiger partial charge in [-0.3, -0.25) is 4.57 Å². The lowest BCUT2D eigenvalue weighted by Gasteiger charge is -2.19. The lowest BCUT2D eigenvalue weighted by atomic mass is 9.84. The number of para-hydroxylation sites is 2. The Morgan fingerprint density at radius 3 is 1.80 bits per heavy atom. The topological polar surface area (TPSA) is 17.8 Å². The predicted molar refractivity (Wildman–Crippen MR) is 215 cm³/mol. The molecule has 238 valence electrons. The number of aromatic nitrogens is 2. The van der Waals surface area contributed by atoms with Gasteiger partial charge in [0.1, 0.15) is 5.82 Å². The van der Waals surface area contributed by atoms with Gasteiger partial charge in [-0.1, -0.05) is 170 Å². The molecule has 0 aliphatic heterocycles. The second kappa shape index (κ2) is 12.0. The van der Waals surface area contributed by atoms with Crippen LogP contribution in [0.15, 0.2) is 194 Å². The molecule has 9 aromatic carbocycles. The predicted octanol–water partition coefficient (Wildman–Crippen LogP) is 13.2. The Bertz CT molecular complexity index is 3150. The minimum absolute atomic E-state index is 0.185. The normalized spacial score (nSPS) is 12.9. The van der Waals surface area contributed by atoms with Crippen LogP contribution in [-0.2, 0) is 0 Å². The SMILES string of the molecule is [2H]c1c([2H])c([2H])c(-c2ccc3c(-c4ccc(-c5nc6ccccc6n5-c5cccc6ccccc56)cc4)c4ccccc4c(-c4ccccc4)c3c2)c([2H])c1[2H]. The van der Waals surface area contributed by atoms with Crippen molar-refractivity contribution in [1.82, 2.24) is 9.55 Å². The first-order valence-corrected chi connectivity index (χ1v) is 17.1. The summed E-state index contributed by atoms with van der Waals surface area (Å²) in [6.45, 7) is 0. The van der Waals surface area contributed by atoms with Crippen molar-refractivity contribution in [1.29, 1.82) is 0 Å². The molecule has 0 bridgehead atoms. The maximum atomic E-state index is 8.76. The zero-order chi connectivity index (χ0) is 38.1. The van der Waals surface area contributed by atoms with E-state index in [-0.39, 0.29) is 29.7 Å². The fourth-order valence-electron chi connectivity index (χ4n) is 7.61. The molecule has 0 atom stereocenters. The number of imidazole rings is 1. The standard InChI is InChI=1S/C49H32N2/c1-3-14-33(15-4-1)38-30-31-42-43(32-38)48(35-17-5-2-6-18-35)41-22-10-9-21-40(41)47(42)36-26-28-37(29-27-36)49-50-44-23-11-12-24-46(44)51(49)45-25-13-19-34-16-7-8-20-39(34)45/h1-32H/i1D,3D,4D,14D,15D. The van der Waals surface area contributed by atoms with Crippen molar-refractivity contribution in [2.45, 2.75) is 0 Å². The monoisotopic (exact) mass is 653 g/mol. The van der Waals surface area contributed by atoms with E-state index in [0.717, 1.165) is 82.7 Å². The molecule has 0 aliphatic carbocycles. The number of nitrogens with zero attached hydrogens (tertiary/aromatic N) is 2. The summed E-state index contributed by atoms with van der Waals surface area (Å²) in [6.07, 6.45) is 0. The van der Waals surface area contributed by atoms with Gasteiger partial charge in [-0.2, -0.15) is 0 Å². The molecule has 0 saturated heterocycles. The molecule has 1 heterocycles. The molecule has 0 saturated carbocycles. The van der Waals surface area contributed by atoms with E-state index in [2.05, 4.69) is 120 Å². The Morgan fingerprint density at radius 1 is 0.412 bits per heavy atom. The van der Waals surface area contributed by atoms with Crippen molar-refractivity contribution >= 4 is 43.4 Å². The summed E-state index contributed by atoms with van der Waals surface area (Å²) in [5.74, 6) is 0.853. The zero-order valence-electron chi connectivity index (χ0n) is 32.5. The van der Waals surface area contributed by atoms with Gasteiger partial charge in [0, 0.05) is 10.9 Å². The van der Waals surface area contributed by atoms with E-state index < -0.39 is 6.04 Å². The summed E-state index contributed by atoms with van der Waals surface area (Å²) in [7, 11) is 0. The molecular weight excluding hydrogens is 617 g/mol. The Kier molecular flexibility index (Phi) is 5.73. The van der Waals surface area contributed by atoms with Crippen molar-refractivity contribution < 1.29 is 6.85 Å². The van der Waals surface area contributed by atoms with E-state index in [0.29, 0.717) is 5.56 Å². The fraction of sp³-hybridized carbons (Fsp3) is 0. The Balaban J connectivity index is 1.21. The fourth-order valence-corrected chi connectivity index (χ4v) is 7.61. The molecule has 2 heteroatoms. The molecule has 2 nitrogen and oxygen atoms in total. The van der Waals surface area contributed by atoms with Crippen molar-refractivity contribution in [3.8, 4) is 50.5 Å². The summed E-state index contributed by atoms with van der Waals surface area (Å²) in [5, 5.41) is 6.38. The van der Waals surface area contributed by atoms with Gasteiger partial charge in [-0.25, -0.2) is 4.98 Å². The van der Waals surface area contributed by atoms with E-state index in [1.54, 1.807) is 0 Å².